The summed E-state index contributed by atoms with van der Waals surface area (Å²) in [5, 5.41) is 0. The smallest absolute Gasteiger partial charge is 0.309 e. The van der Waals surface area contributed by atoms with E-state index in [0.717, 1.165) is 77.0 Å². The van der Waals surface area contributed by atoms with Gasteiger partial charge in [0.2, 0.25) is 0 Å². The summed E-state index contributed by atoms with van der Waals surface area (Å²) in [4.78, 5) is 24.4. The van der Waals surface area contributed by atoms with Crippen molar-refractivity contribution in [3.05, 3.63) is 0 Å². The van der Waals surface area contributed by atoms with Crippen molar-refractivity contribution in [2.75, 3.05) is 13.2 Å². The largest absolute Gasteiger partial charge is 0.462 e. The first-order valence-electron chi connectivity index (χ1n) is 10.9. The van der Waals surface area contributed by atoms with Crippen molar-refractivity contribution in [1.82, 2.24) is 0 Å². The molecule has 0 N–H and O–H groups in total. The average molecular weight is 371 g/mol. The summed E-state index contributed by atoms with van der Waals surface area (Å²) in [6.07, 6.45) is 12.3. The maximum Gasteiger partial charge on any atom is 0.309 e. The van der Waals surface area contributed by atoms with Gasteiger partial charge in [-0.3, -0.25) is 9.59 Å². The third-order valence-electron chi connectivity index (χ3n) is 4.83. The maximum atomic E-state index is 12.2. The lowest BCUT2D eigenvalue weighted by molar-refractivity contribution is -0.158. The van der Waals surface area contributed by atoms with E-state index in [4.69, 9.17) is 9.47 Å². The summed E-state index contributed by atoms with van der Waals surface area (Å²) in [5.41, 5.74) is 0. The van der Waals surface area contributed by atoms with Crippen LogP contribution in [0.5, 0.6) is 0 Å². The molecule has 0 rings (SSSR count). The lowest BCUT2D eigenvalue weighted by Crippen LogP contribution is -2.23. The van der Waals surface area contributed by atoms with Crippen LogP contribution in [-0.4, -0.2) is 25.2 Å². The van der Waals surface area contributed by atoms with Crippen molar-refractivity contribution in [3.63, 3.8) is 0 Å². The molecule has 0 aromatic carbocycles. The Balaban J connectivity index is 4.13. The molecule has 0 aliphatic rings. The number of rotatable bonds is 17. The molecule has 0 spiro atoms. The van der Waals surface area contributed by atoms with E-state index in [9.17, 15) is 9.59 Å². The van der Waals surface area contributed by atoms with Crippen LogP contribution < -0.4 is 0 Å². The van der Waals surface area contributed by atoms with Crippen LogP contribution in [0.1, 0.15) is 105 Å². The van der Waals surface area contributed by atoms with Crippen molar-refractivity contribution >= 4 is 11.9 Å². The molecule has 0 aliphatic carbocycles. The Kier molecular flexibility index (Phi) is 16.7. The molecule has 2 atom stereocenters. The van der Waals surface area contributed by atoms with E-state index in [-0.39, 0.29) is 37.0 Å². The van der Waals surface area contributed by atoms with Crippen LogP contribution in [0.2, 0.25) is 0 Å². The van der Waals surface area contributed by atoms with Crippen molar-refractivity contribution in [3.8, 4) is 0 Å². The molecule has 4 nitrogen and oxygen atoms in total. The van der Waals surface area contributed by atoms with Crippen molar-refractivity contribution in [2.45, 2.75) is 105 Å². The number of hydrogen-bond acceptors (Lipinski definition) is 4. The minimum absolute atomic E-state index is 0.0101. The summed E-state index contributed by atoms with van der Waals surface area (Å²) in [7, 11) is 0. The Morgan fingerprint density at radius 3 is 1.27 bits per heavy atom. The van der Waals surface area contributed by atoms with Gasteiger partial charge in [-0.2, -0.15) is 0 Å². The number of carbonyl (C=O) groups excluding carboxylic acids is 2. The summed E-state index contributed by atoms with van der Waals surface area (Å²) in [6, 6.07) is 0. The van der Waals surface area contributed by atoms with Gasteiger partial charge in [-0.15, -0.1) is 0 Å². The first kappa shape index (κ1) is 24.9. The zero-order valence-electron chi connectivity index (χ0n) is 17.7. The predicted molar refractivity (Wildman–Crippen MR) is 107 cm³/mol. The van der Waals surface area contributed by atoms with Gasteiger partial charge in [0.25, 0.3) is 0 Å². The zero-order valence-corrected chi connectivity index (χ0v) is 17.7. The number of carbonyl (C=O) groups is 2. The highest BCUT2D eigenvalue weighted by Gasteiger charge is 2.20. The normalized spacial score (nSPS) is 13.2. The van der Waals surface area contributed by atoms with Crippen LogP contribution in [0, 0.1) is 11.8 Å². The van der Waals surface area contributed by atoms with Crippen LogP contribution >= 0.6 is 0 Å². The third-order valence-corrected chi connectivity index (χ3v) is 4.83. The molecule has 0 fully saturated rings. The number of hydrogen-bond donors (Lipinski definition) is 0. The predicted octanol–water partition coefficient (Wildman–Crippen LogP) is 6.07. The first-order valence-corrected chi connectivity index (χ1v) is 10.9. The van der Waals surface area contributed by atoms with Gasteiger partial charge in [0.05, 0.1) is 11.8 Å². The second-order valence-corrected chi connectivity index (χ2v) is 7.30. The number of esters is 2. The van der Waals surface area contributed by atoms with Gasteiger partial charge in [0, 0.05) is 0 Å². The fourth-order valence-corrected chi connectivity index (χ4v) is 3.26. The van der Waals surface area contributed by atoms with Crippen LogP contribution in [-0.2, 0) is 19.1 Å². The highest BCUT2D eigenvalue weighted by Crippen LogP contribution is 2.19. The van der Waals surface area contributed by atoms with Crippen molar-refractivity contribution in [2.24, 2.45) is 11.8 Å². The molecule has 0 aliphatic heterocycles. The lowest BCUT2D eigenvalue weighted by Gasteiger charge is -2.17. The monoisotopic (exact) mass is 370 g/mol. The van der Waals surface area contributed by atoms with E-state index in [1.165, 1.54) is 0 Å². The Morgan fingerprint density at radius 1 is 0.577 bits per heavy atom. The fraction of sp³-hybridized carbons (Fsp3) is 0.909. The standard InChI is InChI=1S/C22H42O4/c1-5-9-11-15-19(13-7-3)21(23)25-17-18-26-22(24)20(14-8-4)16-12-10-6-2/h19-20H,5-18H2,1-4H3. The minimum Gasteiger partial charge on any atom is -0.462 e. The summed E-state index contributed by atoms with van der Waals surface area (Å²) in [5.74, 6) is -0.285. The van der Waals surface area contributed by atoms with Crippen molar-refractivity contribution in [1.29, 1.82) is 0 Å². The van der Waals surface area contributed by atoms with Gasteiger partial charge in [-0.25, -0.2) is 0 Å². The van der Waals surface area contributed by atoms with E-state index in [1.807, 2.05) is 0 Å². The Morgan fingerprint density at radius 2 is 0.962 bits per heavy atom. The third kappa shape index (κ3) is 12.3. The molecular weight excluding hydrogens is 328 g/mol. The summed E-state index contributed by atoms with van der Waals surface area (Å²) < 4.78 is 10.7. The second-order valence-electron chi connectivity index (χ2n) is 7.30. The number of ether oxygens (including phenoxy) is 2. The molecule has 0 aromatic rings. The number of unbranched alkanes of at least 4 members (excludes halogenated alkanes) is 4. The summed E-state index contributed by atoms with van der Waals surface area (Å²) >= 11 is 0. The molecule has 2 unspecified atom stereocenters. The first-order chi connectivity index (χ1) is 12.6. The molecule has 0 bridgehead atoms. The van der Waals surface area contributed by atoms with Gasteiger partial charge >= 0.3 is 11.9 Å². The fourth-order valence-electron chi connectivity index (χ4n) is 3.26. The highest BCUT2D eigenvalue weighted by atomic mass is 16.6. The molecule has 0 saturated heterocycles. The maximum absolute atomic E-state index is 12.2. The minimum atomic E-state index is -0.132. The summed E-state index contributed by atoms with van der Waals surface area (Å²) in [6.45, 7) is 8.85. The van der Waals surface area contributed by atoms with E-state index < -0.39 is 0 Å². The molecule has 0 aromatic heterocycles. The average Bonchev–Trinajstić information content (AvgIpc) is 2.63. The Hall–Kier alpha value is -1.06. The van der Waals surface area contributed by atoms with Crippen LogP contribution in [0.4, 0.5) is 0 Å². The highest BCUT2D eigenvalue weighted by molar-refractivity contribution is 5.73. The lowest BCUT2D eigenvalue weighted by atomic mass is 9.96. The van der Waals surface area contributed by atoms with Gasteiger partial charge < -0.3 is 9.47 Å². The van der Waals surface area contributed by atoms with Crippen LogP contribution in [0.25, 0.3) is 0 Å². The SMILES string of the molecule is CCCCCC(CCC)C(=O)OCCOC(=O)C(CCC)CCCCC. The van der Waals surface area contributed by atoms with Gasteiger partial charge in [-0.1, -0.05) is 79.1 Å². The molecule has 0 radical (unpaired) electrons. The molecule has 154 valence electrons. The molecule has 0 amide bonds. The molecule has 0 heterocycles. The van der Waals surface area contributed by atoms with Crippen LogP contribution in [0.3, 0.4) is 0 Å². The molecule has 4 heteroatoms. The molecular formula is C22H42O4. The molecule has 0 saturated carbocycles. The van der Waals surface area contributed by atoms with Gasteiger partial charge in [0.1, 0.15) is 13.2 Å². The van der Waals surface area contributed by atoms with Crippen LogP contribution in [0.15, 0.2) is 0 Å². The zero-order chi connectivity index (χ0) is 19.6. The van der Waals surface area contributed by atoms with Gasteiger partial charge in [-0.05, 0) is 25.7 Å². The Bertz CT molecular complexity index is 320. The topological polar surface area (TPSA) is 52.6 Å². The quantitative estimate of drug-likeness (QED) is 0.230. The van der Waals surface area contributed by atoms with Crippen molar-refractivity contribution < 1.29 is 19.1 Å². The van der Waals surface area contributed by atoms with E-state index >= 15 is 0 Å². The van der Waals surface area contributed by atoms with E-state index in [0.29, 0.717) is 0 Å². The van der Waals surface area contributed by atoms with E-state index in [2.05, 4.69) is 27.7 Å². The Labute approximate surface area is 161 Å². The molecule has 26 heavy (non-hydrogen) atoms. The second kappa shape index (κ2) is 17.4. The van der Waals surface area contributed by atoms with E-state index in [1.54, 1.807) is 0 Å². The van der Waals surface area contributed by atoms with Gasteiger partial charge in [0.15, 0.2) is 0 Å².